The normalized spacial score (nSPS) is 43.4. The molecule has 0 aromatic heterocycles. The Bertz CT molecular complexity index is 330. The fraction of sp³-hybridized carbons (Fsp3) is 0.867. The predicted molar refractivity (Wildman–Crippen MR) is 69.6 cm³/mol. The third-order valence-electron chi connectivity index (χ3n) is 4.98. The maximum atomic E-state index is 10.1. The van der Waals surface area contributed by atoms with Crippen LogP contribution in [0.15, 0.2) is 11.1 Å². The van der Waals surface area contributed by atoms with Crippen molar-refractivity contribution in [3.05, 3.63) is 11.1 Å². The number of hydrogen-bond acceptors (Lipinski definition) is 2. The SMILES string of the molecule is CC(CO)=C1CC(C)(C)C[C@H]2[C@@H](C)[C@H](O)C[C@H]12. The summed E-state index contributed by atoms with van der Waals surface area (Å²) in [4.78, 5) is 0. The monoisotopic (exact) mass is 238 g/mol. The average Bonchev–Trinajstić information content (AvgIpc) is 2.53. The third-order valence-corrected chi connectivity index (χ3v) is 4.98. The van der Waals surface area contributed by atoms with Gasteiger partial charge in [0.15, 0.2) is 0 Å². The van der Waals surface area contributed by atoms with E-state index >= 15 is 0 Å². The van der Waals surface area contributed by atoms with Gasteiger partial charge < -0.3 is 10.2 Å². The van der Waals surface area contributed by atoms with Crippen molar-refractivity contribution in [2.24, 2.45) is 23.2 Å². The fourth-order valence-corrected chi connectivity index (χ4v) is 3.96. The van der Waals surface area contributed by atoms with Crippen LogP contribution in [0.5, 0.6) is 0 Å². The molecule has 0 aromatic carbocycles. The predicted octanol–water partition coefficient (Wildman–Crippen LogP) is 2.75. The van der Waals surface area contributed by atoms with Gasteiger partial charge in [0.25, 0.3) is 0 Å². The molecule has 2 aliphatic carbocycles. The van der Waals surface area contributed by atoms with Gasteiger partial charge in [0.2, 0.25) is 0 Å². The highest BCUT2D eigenvalue weighted by molar-refractivity contribution is 5.23. The number of fused-ring (bicyclic) bond motifs is 1. The Labute approximate surface area is 105 Å². The summed E-state index contributed by atoms with van der Waals surface area (Å²) in [6.45, 7) is 9.02. The number of hydrogen-bond donors (Lipinski definition) is 2. The van der Waals surface area contributed by atoms with Crippen molar-refractivity contribution in [1.82, 2.24) is 0 Å². The van der Waals surface area contributed by atoms with Crippen LogP contribution in [0.2, 0.25) is 0 Å². The summed E-state index contributed by atoms with van der Waals surface area (Å²) in [5, 5.41) is 19.5. The summed E-state index contributed by atoms with van der Waals surface area (Å²) < 4.78 is 0. The van der Waals surface area contributed by atoms with Crippen LogP contribution in [-0.2, 0) is 0 Å². The Morgan fingerprint density at radius 2 is 2.06 bits per heavy atom. The first-order chi connectivity index (χ1) is 7.85. The van der Waals surface area contributed by atoms with E-state index in [0.717, 1.165) is 18.4 Å². The summed E-state index contributed by atoms with van der Waals surface area (Å²) in [5.41, 5.74) is 2.87. The van der Waals surface area contributed by atoms with Crippen LogP contribution < -0.4 is 0 Å². The minimum Gasteiger partial charge on any atom is -0.393 e. The molecule has 0 heterocycles. The van der Waals surface area contributed by atoms with Crippen LogP contribution in [0.3, 0.4) is 0 Å². The minimum absolute atomic E-state index is 0.152. The molecule has 17 heavy (non-hydrogen) atoms. The molecule has 2 nitrogen and oxygen atoms in total. The molecule has 4 atom stereocenters. The zero-order chi connectivity index (χ0) is 12.8. The number of aliphatic hydroxyl groups is 2. The number of aliphatic hydroxyl groups excluding tert-OH is 2. The highest BCUT2D eigenvalue weighted by atomic mass is 16.3. The maximum Gasteiger partial charge on any atom is 0.0641 e. The van der Waals surface area contributed by atoms with Gasteiger partial charge in [-0.25, -0.2) is 0 Å². The van der Waals surface area contributed by atoms with E-state index in [4.69, 9.17) is 0 Å². The van der Waals surface area contributed by atoms with Gasteiger partial charge >= 0.3 is 0 Å². The number of rotatable bonds is 1. The van der Waals surface area contributed by atoms with E-state index in [1.54, 1.807) is 0 Å². The fourth-order valence-electron chi connectivity index (χ4n) is 3.96. The summed E-state index contributed by atoms with van der Waals surface area (Å²) in [6, 6.07) is 0. The van der Waals surface area contributed by atoms with Crippen LogP contribution in [-0.4, -0.2) is 22.9 Å². The van der Waals surface area contributed by atoms with E-state index in [-0.39, 0.29) is 12.7 Å². The number of allylic oxidation sites excluding steroid dienone is 1. The molecule has 2 fully saturated rings. The first-order valence-electron chi connectivity index (χ1n) is 6.83. The van der Waals surface area contributed by atoms with Gasteiger partial charge in [-0.15, -0.1) is 0 Å². The van der Waals surface area contributed by atoms with Gasteiger partial charge in [-0.2, -0.15) is 0 Å². The third kappa shape index (κ3) is 2.30. The molecule has 0 aliphatic heterocycles. The van der Waals surface area contributed by atoms with E-state index in [2.05, 4.69) is 20.8 Å². The summed E-state index contributed by atoms with van der Waals surface area (Å²) >= 11 is 0. The molecule has 2 saturated carbocycles. The molecule has 0 saturated heterocycles. The lowest BCUT2D eigenvalue weighted by atomic mass is 9.63. The Morgan fingerprint density at radius 1 is 1.41 bits per heavy atom. The van der Waals surface area contributed by atoms with Crippen molar-refractivity contribution >= 4 is 0 Å². The van der Waals surface area contributed by atoms with Crippen molar-refractivity contribution in [1.29, 1.82) is 0 Å². The molecule has 0 amide bonds. The summed E-state index contributed by atoms with van der Waals surface area (Å²) in [7, 11) is 0. The van der Waals surface area contributed by atoms with Crippen LogP contribution >= 0.6 is 0 Å². The second kappa shape index (κ2) is 4.40. The van der Waals surface area contributed by atoms with Gasteiger partial charge in [-0.1, -0.05) is 26.3 Å². The summed E-state index contributed by atoms with van der Waals surface area (Å²) in [5.74, 6) is 1.52. The topological polar surface area (TPSA) is 40.5 Å². The van der Waals surface area contributed by atoms with Crippen LogP contribution in [0.1, 0.15) is 47.0 Å². The highest BCUT2D eigenvalue weighted by Gasteiger charge is 2.47. The van der Waals surface area contributed by atoms with Crippen molar-refractivity contribution in [3.8, 4) is 0 Å². The largest absolute Gasteiger partial charge is 0.393 e. The second-order valence-electron chi connectivity index (χ2n) is 6.94. The van der Waals surface area contributed by atoms with Gasteiger partial charge in [0, 0.05) is 0 Å². The Morgan fingerprint density at radius 3 is 2.65 bits per heavy atom. The van der Waals surface area contributed by atoms with E-state index in [1.807, 2.05) is 6.92 Å². The van der Waals surface area contributed by atoms with Crippen LogP contribution in [0.4, 0.5) is 0 Å². The quantitative estimate of drug-likeness (QED) is 0.690. The molecular formula is C15H26O2. The van der Waals surface area contributed by atoms with Crippen molar-refractivity contribution in [2.75, 3.05) is 6.61 Å². The van der Waals surface area contributed by atoms with Crippen LogP contribution in [0.25, 0.3) is 0 Å². The second-order valence-corrected chi connectivity index (χ2v) is 6.94. The zero-order valence-corrected chi connectivity index (χ0v) is 11.5. The van der Waals surface area contributed by atoms with E-state index in [9.17, 15) is 10.2 Å². The van der Waals surface area contributed by atoms with Gasteiger partial charge in [-0.05, 0) is 54.9 Å². The molecule has 0 radical (unpaired) electrons. The Hall–Kier alpha value is -0.340. The summed E-state index contributed by atoms with van der Waals surface area (Å²) in [6.07, 6.45) is 3.03. The molecule has 2 heteroatoms. The standard InChI is InChI=1S/C15H26O2/c1-9(8-16)12-6-15(3,4)7-13-10(2)14(17)5-11(12)13/h10-11,13-14,16-17H,5-8H2,1-4H3/t10-,11-,13+,14-/m1/s1. The van der Waals surface area contributed by atoms with E-state index in [1.165, 1.54) is 12.0 Å². The molecule has 0 bridgehead atoms. The van der Waals surface area contributed by atoms with Crippen molar-refractivity contribution in [2.45, 2.75) is 53.1 Å². The zero-order valence-electron chi connectivity index (χ0n) is 11.5. The van der Waals surface area contributed by atoms with Gasteiger partial charge in [-0.3, -0.25) is 0 Å². The van der Waals surface area contributed by atoms with Crippen molar-refractivity contribution in [3.63, 3.8) is 0 Å². The lowest BCUT2D eigenvalue weighted by Gasteiger charge is -2.41. The van der Waals surface area contributed by atoms with Gasteiger partial charge in [0.05, 0.1) is 12.7 Å². The average molecular weight is 238 g/mol. The first-order valence-corrected chi connectivity index (χ1v) is 6.83. The molecule has 0 spiro atoms. The molecule has 2 rings (SSSR count). The lowest BCUT2D eigenvalue weighted by molar-refractivity contribution is 0.109. The van der Waals surface area contributed by atoms with E-state index < -0.39 is 0 Å². The Kier molecular flexibility index (Phi) is 3.39. The molecule has 98 valence electrons. The molecule has 2 N–H and O–H groups in total. The smallest absolute Gasteiger partial charge is 0.0641 e. The molecule has 0 unspecified atom stereocenters. The molecular weight excluding hydrogens is 212 g/mol. The Balaban J connectivity index is 2.35. The maximum absolute atomic E-state index is 10.1. The van der Waals surface area contributed by atoms with E-state index in [0.29, 0.717) is 23.2 Å². The van der Waals surface area contributed by atoms with Crippen LogP contribution in [0, 0.1) is 23.2 Å². The van der Waals surface area contributed by atoms with Gasteiger partial charge in [0.1, 0.15) is 0 Å². The van der Waals surface area contributed by atoms with Crippen molar-refractivity contribution < 1.29 is 10.2 Å². The molecule has 0 aromatic rings. The first kappa shape index (κ1) is 13.1. The minimum atomic E-state index is -0.152. The highest BCUT2D eigenvalue weighted by Crippen LogP contribution is 2.54. The lowest BCUT2D eigenvalue weighted by Crippen LogP contribution is -2.32. The molecule has 2 aliphatic rings.